The van der Waals surface area contributed by atoms with Gasteiger partial charge >= 0.3 is 0 Å². The van der Waals surface area contributed by atoms with Gasteiger partial charge in [-0.25, -0.2) is 0 Å². The van der Waals surface area contributed by atoms with Gasteiger partial charge < -0.3 is 0 Å². The molecule has 1 aromatic rings. The van der Waals surface area contributed by atoms with Gasteiger partial charge in [-0.1, -0.05) is 13.8 Å². The number of thiophene rings is 1. The van der Waals surface area contributed by atoms with E-state index < -0.39 is 0 Å². The van der Waals surface area contributed by atoms with Crippen molar-refractivity contribution in [1.82, 2.24) is 0 Å². The number of Topliss-reactive ketones (excluding diaryl/α,β-unsaturated/α-hetero) is 1. The highest BCUT2D eigenvalue weighted by Gasteiger charge is 2.25. The van der Waals surface area contributed by atoms with Crippen LogP contribution in [0.2, 0.25) is 0 Å². The summed E-state index contributed by atoms with van der Waals surface area (Å²) in [6.07, 6.45) is 3.29. The molecule has 0 bridgehead atoms. The number of rotatable bonds is 4. The smallest absolute Gasteiger partial charge is 0.173 e. The lowest BCUT2D eigenvalue weighted by Gasteiger charge is -1.98. The van der Waals surface area contributed by atoms with Crippen molar-refractivity contribution >= 4 is 17.1 Å². The molecule has 2 heteroatoms. The minimum absolute atomic E-state index is 0.351. The van der Waals surface area contributed by atoms with Crippen LogP contribution in [0.5, 0.6) is 0 Å². The van der Waals surface area contributed by atoms with Crippen LogP contribution in [0.25, 0.3) is 0 Å². The van der Waals surface area contributed by atoms with Crippen molar-refractivity contribution in [2.75, 3.05) is 0 Å². The van der Waals surface area contributed by atoms with Crippen molar-refractivity contribution in [3.8, 4) is 0 Å². The SMILES string of the molecule is CC(C)c1ccc(C(=O)CC2CC2)s1. The van der Waals surface area contributed by atoms with Crippen molar-refractivity contribution in [1.29, 1.82) is 0 Å². The molecule has 14 heavy (non-hydrogen) atoms. The molecule has 1 aromatic heterocycles. The Balaban J connectivity index is 2.03. The monoisotopic (exact) mass is 208 g/mol. The third kappa shape index (κ3) is 2.24. The molecule has 76 valence electrons. The fourth-order valence-electron chi connectivity index (χ4n) is 1.50. The maximum Gasteiger partial charge on any atom is 0.173 e. The van der Waals surface area contributed by atoms with Crippen LogP contribution in [0, 0.1) is 5.92 Å². The molecule has 0 spiro atoms. The Kier molecular flexibility index (Phi) is 2.73. The van der Waals surface area contributed by atoms with Crippen molar-refractivity contribution in [3.63, 3.8) is 0 Å². The number of ketones is 1. The zero-order valence-corrected chi connectivity index (χ0v) is 9.56. The number of carbonyl (C=O) groups is 1. The summed E-state index contributed by atoms with van der Waals surface area (Å²) >= 11 is 1.67. The Labute approximate surface area is 89.1 Å². The Bertz CT molecular complexity index is 334. The van der Waals surface area contributed by atoms with Crippen LogP contribution in [-0.2, 0) is 0 Å². The third-order valence-electron chi connectivity index (χ3n) is 2.64. The molecule has 1 saturated carbocycles. The van der Waals surface area contributed by atoms with Gasteiger partial charge in [0, 0.05) is 11.3 Å². The second-order valence-electron chi connectivity index (χ2n) is 4.43. The zero-order chi connectivity index (χ0) is 10.1. The van der Waals surface area contributed by atoms with Gasteiger partial charge in [-0.2, -0.15) is 0 Å². The van der Waals surface area contributed by atoms with Crippen molar-refractivity contribution in [2.24, 2.45) is 5.92 Å². The Morgan fingerprint density at radius 2 is 2.21 bits per heavy atom. The average Bonchev–Trinajstić information content (AvgIpc) is 2.81. The van der Waals surface area contributed by atoms with E-state index >= 15 is 0 Å². The number of hydrogen-bond donors (Lipinski definition) is 0. The molecular weight excluding hydrogens is 192 g/mol. The quantitative estimate of drug-likeness (QED) is 0.687. The molecular formula is C12H16OS. The van der Waals surface area contributed by atoms with Gasteiger partial charge in [0.2, 0.25) is 0 Å². The van der Waals surface area contributed by atoms with E-state index in [1.54, 1.807) is 11.3 Å². The van der Waals surface area contributed by atoms with E-state index in [0.29, 0.717) is 17.6 Å². The molecule has 0 radical (unpaired) electrons. The molecule has 0 saturated heterocycles. The molecule has 0 aromatic carbocycles. The molecule has 1 fully saturated rings. The summed E-state index contributed by atoms with van der Waals surface area (Å²) in [6, 6.07) is 4.08. The second-order valence-corrected chi connectivity index (χ2v) is 5.54. The van der Waals surface area contributed by atoms with Crippen LogP contribution in [-0.4, -0.2) is 5.78 Å². The predicted octanol–water partition coefficient (Wildman–Crippen LogP) is 3.85. The third-order valence-corrected chi connectivity index (χ3v) is 4.07. The van der Waals surface area contributed by atoms with E-state index in [1.807, 2.05) is 6.07 Å². The summed E-state index contributed by atoms with van der Waals surface area (Å²) in [6.45, 7) is 4.34. The van der Waals surface area contributed by atoms with Gasteiger partial charge in [0.15, 0.2) is 5.78 Å². The van der Waals surface area contributed by atoms with Gasteiger partial charge in [-0.3, -0.25) is 4.79 Å². The molecule has 1 aliphatic rings. The fraction of sp³-hybridized carbons (Fsp3) is 0.583. The summed E-state index contributed by atoms with van der Waals surface area (Å²) < 4.78 is 0. The minimum Gasteiger partial charge on any atom is -0.293 e. The molecule has 0 aliphatic heterocycles. The van der Waals surface area contributed by atoms with Crippen molar-refractivity contribution in [2.45, 2.75) is 39.0 Å². The molecule has 1 aliphatic carbocycles. The van der Waals surface area contributed by atoms with Crippen LogP contribution in [0.15, 0.2) is 12.1 Å². The topological polar surface area (TPSA) is 17.1 Å². The molecule has 0 amide bonds. The zero-order valence-electron chi connectivity index (χ0n) is 8.75. The first kappa shape index (κ1) is 9.91. The van der Waals surface area contributed by atoms with Crippen molar-refractivity contribution < 1.29 is 4.79 Å². The van der Waals surface area contributed by atoms with Crippen LogP contribution in [0.3, 0.4) is 0 Å². The standard InChI is InChI=1S/C12H16OS/c1-8(2)11-5-6-12(14-11)10(13)7-9-3-4-9/h5-6,8-9H,3-4,7H2,1-2H3. The molecule has 1 heterocycles. The Hall–Kier alpha value is -0.630. The van der Waals surface area contributed by atoms with Gasteiger partial charge in [0.05, 0.1) is 4.88 Å². The van der Waals surface area contributed by atoms with E-state index in [-0.39, 0.29) is 0 Å². The minimum atomic E-state index is 0.351. The van der Waals surface area contributed by atoms with Crippen molar-refractivity contribution in [3.05, 3.63) is 21.9 Å². The fourth-order valence-corrected chi connectivity index (χ4v) is 2.46. The summed E-state index contributed by atoms with van der Waals surface area (Å²) in [5.74, 6) is 1.60. The molecule has 2 rings (SSSR count). The molecule has 0 atom stereocenters. The molecule has 0 N–H and O–H groups in total. The van der Waals surface area contributed by atoms with Crippen LogP contribution < -0.4 is 0 Å². The summed E-state index contributed by atoms with van der Waals surface area (Å²) in [5, 5.41) is 0. The van der Waals surface area contributed by atoms with E-state index in [9.17, 15) is 4.79 Å². The predicted molar refractivity (Wildman–Crippen MR) is 60.1 cm³/mol. The summed E-state index contributed by atoms with van der Waals surface area (Å²) in [4.78, 5) is 14.0. The maximum atomic E-state index is 11.7. The Morgan fingerprint density at radius 3 is 2.71 bits per heavy atom. The first-order valence-electron chi connectivity index (χ1n) is 5.29. The largest absolute Gasteiger partial charge is 0.293 e. The van der Waals surface area contributed by atoms with Crippen LogP contribution in [0.4, 0.5) is 0 Å². The molecule has 0 unspecified atom stereocenters. The maximum absolute atomic E-state index is 11.7. The first-order chi connectivity index (χ1) is 6.66. The van der Waals surface area contributed by atoms with E-state index in [4.69, 9.17) is 0 Å². The lowest BCUT2D eigenvalue weighted by Crippen LogP contribution is -1.96. The average molecular weight is 208 g/mol. The lowest BCUT2D eigenvalue weighted by molar-refractivity contribution is 0.0980. The summed E-state index contributed by atoms with van der Waals surface area (Å²) in [5.41, 5.74) is 0. The van der Waals surface area contributed by atoms with Gasteiger partial charge in [0.25, 0.3) is 0 Å². The van der Waals surface area contributed by atoms with E-state index in [2.05, 4.69) is 19.9 Å². The highest BCUT2D eigenvalue weighted by molar-refractivity contribution is 7.14. The molecule has 1 nitrogen and oxygen atoms in total. The van der Waals surface area contributed by atoms with Gasteiger partial charge in [-0.05, 0) is 36.8 Å². The first-order valence-corrected chi connectivity index (χ1v) is 6.11. The van der Waals surface area contributed by atoms with E-state index in [0.717, 1.165) is 11.3 Å². The van der Waals surface area contributed by atoms with E-state index in [1.165, 1.54) is 17.7 Å². The lowest BCUT2D eigenvalue weighted by atomic mass is 10.1. The summed E-state index contributed by atoms with van der Waals surface area (Å²) in [7, 11) is 0. The number of hydrogen-bond acceptors (Lipinski definition) is 2. The van der Waals surface area contributed by atoms with Crippen LogP contribution in [0.1, 0.15) is 53.6 Å². The second kappa shape index (κ2) is 3.85. The highest BCUT2D eigenvalue weighted by atomic mass is 32.1. The Morgan fingerprint density at radius 1 is 1.50 bits per heavy atom. The van der Waals surface area contributed by atoms with Gasteiger partial charge in [-0.15, -0.1) is 11.3 Å². The van der Waals surface area contributed by atoms with Gasteiger partial charge in [0.1, 0.15) is 0 Å². The highest BCUT2D eigenvalue weighted by Crippen LogP contribution is 2.35. The number of carbonyl (C=O) groups excluding carboxylic acids is 1. The van der Waals surface area contributed by atoms with Crippen LogP contribution >= 0.6 is 11.3 Å². The normalized spacial score (nSPS) is 16.2.